The Labute approximate surface area is 188 Å². The number of hydrogen-bond donors (Lipinski definition) is 1. The van der Waals surface area contributed by atoms with Crippen LogP contribution in [0.3, 0.4) is 0 Å². The van der Waals surface area contributed by atoms with Crippen molar-refractivity contribution in [3.8, 4) is 0 Å². The molecule has 4 nitrogen and oxygen atoms in total. The second kappa shape index (κ2) is 11.7. The molecule has 31 heavy (non-hydrogen) atoms. The minimum Gasteiger partial charge on any atom is -0.251 e. The number of aryl methyl sites for hydroxylation is 1. The Bertz CT molecular complexity index is 759. The lowest BCUT2D eigenvalue weighted by Gasteiger charge is -2.32. The molecule has 4 rings (SSSR count). The van der Waals surface area contributed by atoms with Gasteiger partial charge in [-0.25, -0.2) is 14.9 Å². The second-order valence-electron chi connectivity index (χ2n) is 9.38. The Kier molecular flexibility index (Phi) is 9.03. The third-order valence-corrected chi connectivity index (χ3v) is 7.23. The zero-order chi connectivity index (χ0) is 22.2. The van der Waals surface area contributed by atoms with E-state index in [1.54, 1.807) is 0 Å². The van der Waals surface area contributed by atoms with Gasteiger partial charge < -0.3 is 0 Å². The molecule has 2 aliphatic rings. The van der Waals surface area contributed by atoms with Gasteiger partial charge in [-0.2, -0.15) is 0 Å². The Balaban J connectivity index is 0.00000132. The SMILES string of the molecule is CC.Cc1cnc(C2CCC(C(OO)c3ccc(C4CCC(C)CC4)cc3)CC2)nc1. The van der Waals surface area contributed by atoms with E-state index in [1.807, 2.05) is 33.2 Å². The van der Waals surface area contributed by atoms with Gasteiger partial charge in [0.1, 0.15) is 11.9 Å². The van der Waals surface area contributed by atoms with E-state index >= 15 is 0 Å². The van der Waals surface area contributed by atoms with Crippen LogP contribution in [-0.4, -0.2) is 15.2 Å². The molecule has 170 valence electrons. The summed E-state index contributed by atoms with van der Waals surface area (Å²) in [5.74, 6) is 3.28. The molecule has 2 aromatic rings. The second-order valence-corrected chi connectivity index (χ2v) is 9.38. The molecule has 1 aromatic heterocycles. The van der Waals surface area contributed by atoms with Crippen molar-refractivity contribution in [1.82, 2.24) is 9.97 Å². The monoisotopic (exact) mass is 424 g/mol. The van der Waals surface area contributed by atoms with E-state index < -0.39 is 0 Å². The molecule has 0 spiro atoms. The Morgan fingerprint density at radius 1 is 0.839 bits per heavy atom. The molecule has 1 N–H and O–H groups in total. The summed E-state index contributed by atoms with van der Waals surface area (Å²) in [6, 6.07) is 8.86. The molecule has 2 aliphatic carbocycles. The van der Waals surface area contributed by atoms with Gasteiger partial charge in [0.05, 0.1) is 0 Å². The lowest BCUT2D eigenvalue weighted by Crippen LogP contribution is -2.22. The van der Waals surface area contributed by atoms with Gasteiger partial charge in [0, 0.05) is 18.3 Å². The van der Waals surface area contributed by atoms with Crippen molar-refractivity contribution in [2.75, 3.05) is 0 Å². The number of nitrogens with zero attached hydrogens (tertiary/aromatic N) is 2. The Hall–Kier alpha value is -1.78. The molecule has 1 aromatic carbocycles. The maximum atomic E-state index is 9.67. The fourth-order valence-corrected chi connectivity index (χ4v) is 5.26. The van der Waals surface area contributed by atoms with E-state index in [4.69, 9.17) is 4.89 Å². The van der Waals surface area contributed by atoms with Crippen molar-refractivity contribution in [1.29, 1.82) is 0 Å². The standard InChI is InChI=1S/C25H34N2O2.C2H6/c1-17-3-5-19(6-4-17)20-7-9-21(10-8-20)24(29-28)22-11-13-23(14-12-22)25-26-15-18(2)16-27-25;1-2/h7-10,15-17,19,22-24,28H,3-6,11-14H2,1-2H3;1-2H3. The van der Waals surface area contributed by atoms with Crippen LogP contribution in [0.15, 0.2) is 36.7 Å². The summed E-state index contributed by atoms with van der Waals surface area (Å²) in [5.41, 5.74) is 3.63. The Morgan fingerprint density at radius 3 is 1.94 bits per heavy atom. The fraction of sp³-hybridized carbons (Fsp3) is 0.630. The topological polar surface area (TPSA) is 55.2 Å². The van der Waals surface area contributed by atoms with Crippen LogP contribution in [0, 0.1) is 18.8 Å². The highest BCUT2D eigenvalue weighted by Crippen LogP contribution is 2.42. The molecule has 0 amide bonds. The molecular formula is C27H40N2O2. The lowest BCUT2D eigenvalue weighted by atomic mass is 9.76. The van der Waals surface area contributed by atoms with Gasteiger partial charge in [-0.3, -0.25) is 5.26 Å². The third kappa shape index (κ3) is 6.14. The van der Waals surface area contributed by atoms with E-state index in [2.05, 4.69) is 41.2 Å². The summed E-state index contributed by atoms with van der Waals surface area (Å²) in [6.45, 7) is 8.38. The van der Waals surface area contributed by atoms with Crippen LogP contribution in [0.25, 0.3) is 0 Å². The maximum Gasteiger partial charge on any atom is 0.131 e. The highest BCUT2D eigenvalue weighted by atomic mass is 17.1. The first-order chi connectivity index (χ1) is 15.1. The normalized spacial score (nSPS) is 27.1. The molecule has 0 saturated heterocycles. The van der Waals surface area contributed by atoms with Gasteiger partial charge in [-0.05, 0) is 79.9 Å². The van der Waals surface area contributed by atoms with Crippen LogP contribution in [-0.2, 0) is 4.89 Å². The van der Waals surface area contributed by atoms with E-state index in [1.165, 1.54) is 31.2 Å². The highest BCUT2D eigenvalue weighted by Gasteiger charge is 2.31. The molecule has 2 fully saturated rings. The van der Waals surface area contributed by atoms with Crippen molar-refractivity contribution in [2.24, 2.45) is 11.8 Å². The Morgan fingerprint density at radius 2 is 1.39 bits per heavy atom. The molecule has 0 bridgehead atoms. The van der Waals surface area contributed by atoms with Gasteiger partial charge in [0.25, 0.3) is 0 Å². The lowest BCUT2D eigenvalue weighted by molar-refractivity contribution is -0.296. The third-order valence-electron chi connectivity index (χ3n) is 7.23. The van der Waals surface area contributed by atoms with Crippen molar-refractivity contribution in [3.05, 3.63) is 59.2 Å². The molecule has 1 atom stereocenters. The number of hydrogen-bond acceptors (Lipinski definition) is 4. The van der Waals surface area contributed by atoms with E-state index in [9.17, 15) is 5.26 Å². The highest BCUT2D eigenvalue weighted by molar-refractivity contribution is 5.27. The molecular weight excluding hydrogens is 384 g/mol. The van der Waals surface area contributed by atoms with Gasteiger partial charge in [0.2, 0.25) is 0 Å². The minimum atomic E-state index is -0.240. The summed E-state index contributed by atoms with van der Waals surface area (Å²) < 4.78 is 0. The first-order valence-corrected chi connectivity index (χ1v) is 12.3. The molecule has 0 radical (unpaired) electrons. The van der Waals surface area contributed by atoms with Crippen LogP contribution in [0.4, 0.5) is 0 Å². The van der Waals surface area contributed by atoms with Crippen molar-refractivity contribution in [2.45, 2.75) is 97.0 Å². The van der Waals surface area contributed by atoms with Crippen LogP contribution in [0.2, 0.25) is 0 Å². The number of benzene rings is 1. The molecule has 1 heterocycles. The van der Waals surface area contributed by atoms with E-state index in [0.29, 0.717) is 17.8 Å². The van der Waals surface area contributed by atoms with Gasteiger partial charge >= 0.3 is 0 Å². The summed E-state index contributed by atoms with van der Waals surface area (Å²) in [6.07, 6.45) is 13.0. The molecule has 0 aliphatic heterocycles. The van der Waals surface area contributed by atoms with E-state index in [-0.39, 0.29) is 6.10 Å². The summed E-state index contributed by atoms with van der Waals surface area (Å²) in [4.78, 5) is 14.0. The predicted molar refractivity (Wildman–Crippen MR) is 126 cm³/mol. The zero-order valence-corrected chi connectivity index (χ0v) is 19.8. The van der Waals surface area contributed by atoms with Crippen LogP contribution < -0.4 is 0 Å². The minimum absolute atomic E-state index is 0.240. The largest absolute Gasteiger partial charge is 0.251 e. The molecule has 1 unspecified atom stereocenters. The van der Waals surface area contributed by atoms with Gasteiger partial charge in [-0.1, -0.05) is 57.9 Å². The summed E-state index contributed by atoms with van der Waals surface area (Å²) >= 11 is 0. The van der Waals surface area contributed by atoms with Crippen molar-refractivity contribution in [3.63, 3.8) is 0 Å². The van der Waals surface area contributed by atoms with Gasteiger partial charge in [0.15, 0.2) is 0 Å². The number of aromatic nitrogens is 2. The smallest absolute Gasteiger partial charge is 0.131 e. The molecule has 4 heteroatoms. The first-order valence-electron chi connectivity index (χ1n) is 12.3. The summed E-state index contributed by atoms with van der Waals surface area (Å²) in [5, 5.41) is 9.67. The average molecular weight is 425 g/mol. The van der Waals surface area contributed by atoms with Crippen molar-refractivity contribution < 1.29 is 10.1 Å². The zero-order valence-electron chi connectivity index (χ0n) is 19.8. The number of rotatable bonds is 5. The fourth-order valence-electron chi connectivity index (χ4n) is 5.26. The molecule has 2 saturated carbocycles. The maximum absolute atomic E-state index is 9.67. The summed E-state index contributed by atoms with van der Waals surface area (Å²) in [7, 11) is 0. The van der Waals surface area contributed by atoms with Crippen LogP contribution in [0.5, 0.6) is 0 Å². The van der Waals surface area contributed by atoms with Crippen LogP contribution >= 0.6 is 0 Å². The van der Waals surface area contributed by atoms with Crippen molar-refractivity contribution >= 4 is 0 Å². The van der Waals surface area contributed by atoms with Crippen LogP contribution in [0.1, 0.15) is 113 Å². The van der Waals surface area contributed by atoms with E-state index in [0.717, 1.165) is 48.6 Å². The van der Waals surface area contributed by atoms with Gasteiger partial charge in [-0.15, -0.1) is 0 Å². The quantitative estimate of drug-likeness (QED) is 0.396. The average Bonchev–Trinajstić information content (AvgIpc) is 2.83. The predicted octanol–water partition coefficient (Wildman–Crippen LogP) is 7.61. The first kappa shape index (κ1) is 23.9.